The van der Waals surface area contributed by atoms with Crippen LogP contribution in [0.15, 0.2) is 84.0 Å². The topological polar surface area (TPSA) is 98.1 Å². The Bertz CT molecular complexity index is 1420. The lowest BCUT2D eigenvalue weighted by atomic mass is 9.84. The number of anilines is 1. The zero-order valence-electron chi connectivity index (χ0n) is 18.1. The summed E-state index contributed by atoms with van der Waals surface area (Å²) in [5, 5.41) is 11.4. The Kier molecular flexibility index (Phi) is 4.66. The fraction of sp³-hybridized carbons (Fsp3) is 0.120. The molecule has 0 fully saturated rings. The third-order valence-electron chi connectivity index (χ3n) is 6.14. The number of rotatable bonds is 4. The number of aromatic nitrogens is 3. The van der Waals surface area contributed by atoms with Crippen molar-refractivity contribution in [2.75, 3.05) is 17.9 Å². The lowest BCUT2D eigenvalue weighted by molar-refractivity contribution is -0.120. The first-order valence-corrected chi connectivity index (χ1v) is 11.5. The van der Waals surface area contributed by atoms with Crippen LogP contribution >= 0.6 is 11.8 Å². The monoisotopic (exact) mass is 469 g/mol. The Hall–Kier alpha value is -4.11. The van der Waals surface area contributed by atoms with Gasteiger partial charge in [-0.3, -0.25) is 9.59 Å². The summed E-state index contributed by atoms with van der Waals surface area (Å²) in [7, 11) is 1.61. The second-order valence-electron chi connectivity index (χ2n) is 8.02. The molecular formula is C25H19N5O3S. The largest absolute Gasteiger partial charge is 0.497 e. The average Bonchev–Trinajstić information content (AvgIpc) is 3.42. The van der Waals surface area contributed by atoms with Crippen molar-refractivity contribution < 1.29 is 14.3 Å². The quantitative estimate of drug-likeness (QED) is 0.440. The van der Waals surface area contributed by atoms with Gasteiger partial charge in [0.2, 0.25) is 5.16 Å². The zero-order chi connectivity index (χ0) is 23.3. The Morgan fingerprint density at radius 1 is 1.00 bits per heavy atom. The summed E-state index contributed by atoms with van der Waals surface area (Å²) < 4.78 is 6.96. The molecule has 4 aromatic rings. The molecule has 9 heteroatoms. The number of para-hydroxylation sites is 1. The van der Waals surface area contributed by atoms with Crippen molar-refractivity contribution in [2.24, 2.45) is 0 Å². The molecule has 0 saturated carbocycles. The molecule has 0 bridgehead atoms. The third-order valence-corrected chi connectivity index (χ3v) is 7.42. The number of methoxy groups -OCH3 is 1. The number of nitrogens with zero attached hydrogens (tertiary/aromatic N) is 3. The molecule has 2 atom stereocenters. The molecule has 3 aromatic carbocycles. The van der Waals surface area contributed by atoms with Gasteiger partial charge in [-0.25, -0.2) is 4.68 Å². The predicted octanol–water partition coefficient (Wildman–Crippen LogP) is 3.70. The van der Waals surface area contributed by atoms with Crippen LogP contribution in [0, 0.1) is 0 Å². The number of Topliss-reactive ketones (excluding diaryl/α,β-unsaturated/α-hetero) is 1. The molecule has 0 saturated heterocycles. The minimum atomic E-state index is -1.34. The summed E-state index contributed by atoms with van der Waals surface area (Å²) >= 11 is 1.24. The first kappa shape index (κ1) is 20.5. The van der Waals surface area contributed by atoms with Crippen LogP contribution in [-0.2, 0) is 10.3 Å². The molecule has 1 spiro atoms. The molecule has 1 amide bonds. The molecule has 168 valence electrons. The van der Waals surface area contributed by atoms with Gasteiger partial charge in [0.1, 0.15) is 11.0 Å². The fourth-order valence-corrected chi connectivity index (χ4v) is 5.70. The van der Waals surface area contributed by atoms with E-state index in [1.54, 1.807) is 23.9 Å². The number of nitrogens with one attached hydrogen (secondary N) is 2. The molecule has 2 aliphatic rings. The van der Waals surface area contributed by atoms with Crippen LogP contribution in [0.25, 0.3) is 11.4 Å². The fourth-order valence-electron chi connectivity index (χ4n) is 4.46. The number of carbonyl (C=O) groups excluding carboxylic acids is 2. The molecule has 3 heterocycles. The van der Waals surface area contributed by atoms with Gasteiger partial charge in [0, 0.05) is 22.4 Å². The molecule has 2 unspecified atom stereocenters. The first-order valence-electron chi connectivity index (χ1n) is 10.7. The molecular weight excluding hydrogens is 450 g/mol. The van der Waals surface area contributed by atoms with E-state index >= 15 is 0 Å². The summed E-state index contributed by atoms with van der Waals surface area (Å²) in [6.45, 7) is 0. The van der Waals surface area contributed by atoms with Crippen molar-refractivity contribution in [2.45, 2.75) is 15.9 Å². The molecule has 8 nitrogen and oxygen atoms in total. The highest BCUT2D eigenvalue weighted by Crippen LogP contribution is 2.49. The number of benzene rings is 3. The van der Waals surface area contributed by atoms with Crippen LogP contribution < -0.4 is 15.5 Å². The Morgan fingerprint density at radius 3 is 2.50 bits per heavy atom. The van der Waals surface area contributed by atoms with Crippen molar-refractivity contribution in [3.05, 3.63) is 90.0 Å². The first-order chi connectivity index (χ1) is 16.6. The van der Waals surface area contributed by atoms with Crippen LogP contribution in [0.2, 0.25) is 0 Å². The summed E-state index contributed by atoms with van der Waals surface area (Å²) in [5.41, 5.74) is 4.73. The number of ketones is 1. The van der Waals surface area contributed by atoms with Gasteiger partial charge in [-0.1, -0.05) is 60.3 Å². The van der Waals surface area contributed by atoms with Crippen molar-refractivity contribution in [3.8, 4) is 17.1 Å². The molecule has 6 rings (SSSR count). The maximum atomic E-state index is 13.8. The number of thioether (sulfide) groups is 1. The van der Waals surface area contributed by atoms with Gasteiger partial charge < -0.3 is 15.5 Å². The summed E-state index contributed by atoms with van der Waals surface area (Å²) in [4.78, 5) is 27.4. The third kappa shape index (κ3) is 2.94. The second kappa shape index (κ2) is 7.74. The van der Waals surface area contributed by atoms with Crippen LogP contribution in [0.3, 0.4) is 0 Å². The van der Waals surface area contributed by atoms with E-state index in [4.69, 9.17) is 4.74 Å². The van der Waals surface area contributed by atoms with Gasteiger partial charge in [0.25, 0.3) is 5.91 Å². The minimum Gasteiger partial charge on any atom is -0.497 e. The van der Waals surface area contributed by atoms with E-state index < -0.39 is 10.8 Å². The molecule has 2 N–H and O–H groups in total. The number of ether oxygens (including phenoxy) is 1. The Morgan fingerprint density at radius 2 is 1.74 bits per heavy atom. The Labute approximate surface area is 199 Å². The summed E-state index contributed by atoms with van der Waals surface area (Å²) in [5.74, 6) is 0.798. The van der Waals surface area contributed by atoms with Crippen LogP contribution in [0.5, 0.6) is 5.75 Å². The maximum Gasteiger partial charge on any atom is 0.257 e. The van der Waals surface area contributed by atoms with Gasteiger partial charge in [-0.05, 0) is 30.3 Å². The van der Waals surface area contributed by atoms with Gasteiger partial charge in [0.05, 0.1) is 7.11 Å². The van der Waals surface area contributed by atoms with Gasteiger partial charge in [-0.15, -0.1) is 10.2 Å². The van der Waals surface area contributed by atoms with E-state index in [9.17, 15) is 9.59 Å². The number of carbonyl (C=O) groups is 2. The van der Waals surface area contributed by atoms with Crippen molar-refractivity contribution in [1.29, 1.82) is 0 Å². The molecule has 0 aliphatic carbocycles. The highest BCUT2D eigenvalue weighted by Gasteiger charge is 2.59. The highest BCUT2D eigenvalue weighted by atomic mass is 32.2. The van der Waals surface area contributed by atoms with Gasteiger partial charge in [0.15, 0.2) is 17.1 Å². The standard InChI is InChI=1S/C25H19N5O3S/c1-33-17-13-11-16(12-14-17)22-27-28-24-30(22)29-25(18-9-5-6-10-19(18)26-23(25)32)21(34-24)20(31)15-7-3-2-4-8-15/h2-14,21,29H,1H3,(H,26,32). The maximum absolute atomic E-state index is 13.8. The number of hydrogen-bond acceptors (Lipinski definition) is 7. The summed E-state index contributed by atoms with van der Waals surface area (Å²) in [6, 6.07) is 23.9. The van der Waals surface area contributed by atoms with E-state index in [0.29, 0.717) is 27.8 Å². The zero-order valence-corrected chi connectivity index (χ0v) is 18.9. The molecule has 1 aromatic heterocycles. The molecule has 34 heavy (non-hydrogen) atoms. The minimum absolute atomic E-state index is 0.162. The van der Waals surface area contributed by atoms with Crippen molar-refractivity contribution >= 4 is 29.1 Å². The SMILES string of the molecule is COc1ccc(-c2nnc3n2NC2(C(=O)Nc4ccccc42)C(C(=O)c2ccccc2)S3)cc1. The Balaban J connectivity index is 1.52. The van der Waals surface area contributed by atoms with E-state index in [1.165, 1.54) is 11.8 Å². The van der Waals surface area contributed by atoms with Crippen LogP contribution in [0.1, 0.15) is 15.9 Å². The molecule has 2 aliphatic heterocycles. The average molecular weight is 470 g/mol. The molecule has 0 radical (unpaired) electrons. The number of fused-ring (bicyclic) bond motifs is 3. The normalized spacial score (nSPS) is 20.3. The van der Waals surface area contributed by atoms with Crippen molar-refractivity contribution in [1.82, 2.24) is 14.9 Å². The van der Waals surface area contributed by atoms with Crippen molar-refractivity contribution in [3.63, 3.8) is 0 Å². The van der Waals surface area contributed by atoms with E-state index in [0.717, 1.165) is 11.3 Å². The van der Waals surface area contributed by atoms with Gasteiger partial charge >= 0.3 is 0 Å². The summed E-state index contributed by atoms with van der Waals surface area (Å²) in [6.07, 6.45) is 0. The van der Waals surface area contributed by atoms with E-state index in [1.807, 2.05) is 66.7 Å². The lowest BCUT2D eigenvalue weighted by Gasteiger charge is -2.40. The number of amides is 1. The van der Waals surface area contributed by atoms with Crippen LogP contribution in [0.4, 0.5) is 5.69 Å². The van der Waals surface area contributed by atoms with Crippen LogP contribution in [-0.4, -0.2) is 38.9 Å². The van der Waals surface area contributed by atoms with E-state index in [2.05, 4.69) is 20.9 Å². The smallest absolute Gasteiger partial charge is 0.257 e. The highest BCUT2D eigenvalue weighted by molar-refractivity contribution is 8.00. The van der Waals surface area contributed by atoms with E-state index in [-0.39, 0.29) is 11.7 Å². The second-order valence-corrected chi connectivity index (χ2v) is 9.09. The van der Waals surface area contributed by atoms with Gasteiger partial charge in [-0.2, -0.15) is 0 Å². The number of hydrogen-bond donors (Lipinski definition) is 2. The predicted molar refractivity (Wildman–Crippen MR) is 129 cm³/mol. The lowest BCUT2D eigenvalue weighted by Crippen LogP contribution is -2.58.